The van der Waals surface area contributed by atoms with E-state index in [1.165, 1.54) is 0 Å². The van der Waals surface area contributed by atoms with Crippen molar-refractivity contribution in [1.82, 2.24) is 15.0 Å². The Hall–Kier alpha value is -2.43. The van der Waals surface area contributed by atoms with Crippen LogP contribution in [-0.2, 0) is 7.05 Å². The van der Waals surface area contributed by atoms with Gasteiger partial charge in [0.25, 0.3) is 5.91 Å². The van der Waals surface area contributed by atoms with Crippen LogP contribution in [0.4, 0.5) is 0 Å². The Balaban J connectivity index is 1.97. The Kier molecular flexibility index (Phi) is 3.30. The molecule has 2 rings (SSSR count). The highest BCUT2D eigenvalue weighted by Crippen LogP contribution is 1.95. The van der Waals surface area contributed by atoms with Crippen molar-refractivity contribution < 1.29 is 4.79 Å². The van der Waals surface area contributed by atoms with Crippen LogP contribution < -0.4 is 5.43 Å². The van der Waals surface area contributed by atoms with Crippen LogP contribution in [0.25, 0.3) is 0 Å². The molecule has 0 atom stereocenters. The minimum atomic E-state index is -0.323. The predicted octanol–water partition coefficient (Wildman–Crippen LogP) is 1.18. The molecular formula is C12H12N4O. The Labute approximate surface area is 98.8 Å². The third-order valence-corrected chi connectivity index (χ3v) is 2.24. The molecule has 0 aromatic carbocycles. The first-order chi connectivity index (χ1) is 8.27. The number of carbonyl (C=O) groups excluding carboxylic acids is 1. The number of carbonyl (C=O) groups is 1. The molecule has 0 aliphatic heterocycles. The Bertz CT molecular complexity index is 530. The molecular weight excluding hydrogens is 216 g/mol. The molecule has 5 nitrogen and oxygen atoms in total. The lowest BCUT2D eigenvalue weighted by Crippen LogP contribution is -2.18. The monoisotopic (exact) mass is 228 g/mol. The molecule has 1 amide bonds. The lowest BCUT2D eigenvalue weighted by molar-refractivity contribution is 0.0950. The zero-order chi connectivity index (χ0) is 12.1. The average Bonchev–Trinajstić information content (AvgIpc) is 2.76. The maximum Gasteiger partial charge on any atom is 0.289 e. The zero-order valence-corrected chi connectivity index (χ0v) is 9.37. The molecule has 0 saturated heterocycles. The molecule has 0 saturated carbocycles. The van der Waals surface area contributed by atoms with Crippen molar-refractivity contribution in [2.75, 3.05) is 0 Å². The predicted molar refractivity (Wildman–Crippen MR) is 64.7 cm³/mol. The fourth-order valence-electron chi connectivity index (χ4n) is 1.32. The highest BCUT2D eigenvalue weighted by molar-refractivity contribution is 5.92. The summed E-state index contributed by atoms with van der Waals surface area (Å²) in [5.74, 6) is -0.323. The van der Waals surface area contributed by atoms with Gasteiger partial charge in [-0.25, -0.2) is 5.43 Å². The summed E-state index contributed by atoms with van der Waals surface area (Å²) >= 11 is 0. The van der Waals surface area contributed by atoms with Crippen molar-refractivity contribution in [2.24, 2.45) is 12.1 Å². The standard InChI is InChI=1S/C12H12N4O/c1-16-8-4-5-10(16)9-14-15-12(17)11-6-2-3-7-13-11/h2-9H,1H3,(H,15,17)/b14-9-. The summed E-state index contributed by atoms with van der Waals surface area (Å²) in [6.45, 7) is 0. The van der Waals surface area contributed by atoms with E-state index in [-0.39, 0.29) is 5.91 Å². The third kappa shape index (κ3) is 2.78. The minimum Gasteiger partial charge on any atom is -0.350 e. The normalized spacial score (nSPS) is 10.6. The summed E-state index contributed by atoms with van der Waals surface area (Å²) in [7, 11) is 1.90. The van der Waals surface area contributed by atoms with E-state index in [2.05, 4.69) is 15.5 Å². The molecule has 17 heavy (non-hydrogen) atoms. The summed E-state index contributed by atoms with van der Waals surface area (Å²) in [6.07, 6.45) is 5.05. The van der Waals surface area contributed by atoms with Crippen molar-refractivity contribution in [2.45, 2.75) is 0 Å². The maximum absolute atomic E-state index is 11.6. The maximum atomic E-state index is 11.6. The van der Waals surface area contributed by atoms with Gasteiger partial charge in [-0.15, -0.1) is 0 Å². The second-order valence-electron chi connectivity index (χ2n) is 3.46. The summed E-state index contributed by atoms with van der Waals surface area (Å²) in [6, 6.07) is 8.94. The molecule has 86 valence electrons. The number of hydrogen-bond acceptors (Lipinski definition) is 3. The molecule has 5 heteroatoms. The number of hydrazone groups is 1. The van der Waals surface area contributed by atoms with Crippen LogP contribution in [0.5, 0.6) is 0 Å². The fourth-order valence-corrected chi connectivity index (χ4v) is 1.32. The highest BCUT2D eigenvalue weighted by Gasteiger charge is 2.03. The SMILES string of the molecule is Cn1cccc1/C=N\NC(=O)c1ccccn1. The first-order valence-electron chi connectivity index (χ1n) is 5.13. The number of nitrogens with one attached hydrogen (secondary N) is 1. The van der Waals surface area contributed by atoms with E-state index in [4.69, 9.17) is 0 Å². The quantitative estimate of drug-likeness (QED) is 0.633. The van der Waals surface area contributed by atoms with Crippen LogP contribution in [0, 0.1) is 0 Å². The summed E-state index contributed by atoms with van der Waals surface area (Å²) < 4.78 is 1.90. The number of aromatic nitrogens is 2. The van der Waals surface area contributed by atoms with E-state index in [9.17, 15) is 4.79 Å². The van der Waals surface area contributed by atoms with Gasteiger partial charge in [-0.1, -0.05) is 6.07 Å². The number of hydrogen-bond donors (Lipinski definition) is 1. The van der Waals surface area contributed by atoms with Crippen LogP contribution in [0.3, 0.4) is 0 Å². The van der Waals surface area contributed by atoms with Gasteiger partial charge in [-0.05, 0) is 24.3 Å². The van der Waals surface area contributed by atoms with Gasteiger partial charge in [-0.2, -0.15) is 5.10 Å². The van der Waals surface area contributed by atoms with E-state index >= 15 is 0 Å². The van der Waals surface area contributed by atoms with Gasteiger partial charge in [-0.3, -0.25) is 9.78 Å². The van der Waals surface area contributed by atoms with Crippen molar-refractivity contribution >= 4 is 12.1 Å². The first-order valence-corrected chi connectivity index (χ1v) is 5.13. The van der Waals surface area contributed by atoms with Crippen molar-refractivity contribution in [3.05, 3.63) is 54.1 Å². The third-order valence-electron chi connectivity index (χ3n) is 2.24. The van der Waals surface area contributed by atoms with E-state index < -0.39 is 0 Å². The zero-order valence-electron chi connectivity index (χ0n) is 9.37. The molecule has 0 unspecified atom stereocenters. The van der Waals surface area contributed by atoms with Crippen molar-refractivity contribution in [3.8, 4) is 0 Å². The highest BCUT2D eigenvalue weighted by atomic mass is 16.2. The van der Waals surface area contributed by atoms with E-state index in [0.29, 0.717) is 5.69 Å². The molecule has 0 aliphatic carbocycles. The van der Waals surface area contributed by atoms with Gasteiger partial charge < -0.3 is 4.57 Å². The second kappa shape index (κ2) is 5.07. The molecule has 0 aliphatic rings. The fraction of sp³-hybridized carbons (Fsp3) is 0.0833. The minimum absolute atomic E-state index is 0.323. The molecule has 0 fully saturated rings. The lowest BCUT2D eigenvalue weighted by atomic mass is 10.3. The molecule has 2 aromatic heterocycles. The molecule has 2 heterocycles. The van der Waals surface area contributed by atoms with Gasteiger partial charge in [0.05, 0.1) is 11.9 Å². The van der Waals surface area contributed by atoms with Crippen LogP contribution in [0.1, 0.15) is 16.2 Å². The largest absolute Gasteiger partial charge is 0.350 e. The van der Waals surface area contributed by atoms with Crippen LogP contribution in [-0.4, -0.2) is 21.7 Å². The van der Waals surface area contributed by atoms with Crippen molar-refractivity contribution in [3.63, 3.8) is 0 Å². The number of nitrogens with zero attached hydrogens (tertiary/aromatic N) is 3. The van der Waals surface area contributed by atoms with Crippen LogP contribution in [0.15, 0.2) is 47.8 Å². The average molecular weight is 228 g/mol. The van der Waals surface area contributed by atoms with Crippen LogP contribution >= 0.6 is 0 Å². The van der Waals surface area contributed by atoms with Crippen molar-refractivity contribution in [1.29, 1.82) is 0 Å². The summed E-state index contributed by atoms with van der Waals surface area (Å²) in [4.78, 5) is 15.5. The van der Waals surface area contributed by atoms with Gasteiger partial charge in [0, 0.05) is 19.4 Å². The van der Waals surface area contributed by atoms with E-state index in [1.807, 2.05) is 29.9 Å². The first kappa shape index (κ1) is 11.1. The smallest absolute Gasteiger partial charge is 0.289 e. The summed E-state index contributed by atoms with van der Waals surface area (Å²) in [5, 5.41) is 3.87. The molecule has 0 spiro atoms. The number of aryl methyl sites for hydroxylation is 1. The number of amides is 1. The second-order valence-corrected chi connectivity index (χ2v) is 3.46. The van der Waals surface area contributed by atoms with Gasteiger partial charge in [0.15, 0.2) is 0 Å². The Morgan fingerprint density at radius 3 is 2.94 bits per heavy atom. The van der Waals surface area contributed by atoms with E-state index in [1.54, 1.807) is 30.6 Å². The Morgan fingerprint density at radius 2 is 2.29 bits per heavy atom. The Morgan fingerprint density at radius 1 is 1.41 bits per heavy atom. The van der Waals surface area contributed by atoms with Crippen LogP contribution in [0.2, 0.25) is 0 Å². The van der Waals surface area contributed by atoms with Gasteiger partial charge >= 0.3 is 0 Å². The number of rotatable bonds is 3. The molecule has 2 aromatic rings. The lowest BCUT2D eigenvalue weighted by Gasteiger charge is -1.98. The van der Waals surface area contributed by atoms with Gasteiger partial charge in [0.1, 0.15) is 5.69 Å². The van der Waals surface area contributed by atoms with Gasteiger partial charge in [0.2, 0.25) is 0 Å². The summed E-state index contributed by atoms with van der Waals surface area (Å²) in [5.41, 5.74) is 3.67. The molecule has 0 radical (unpaired) electrons. The number of pyridine rings is 1. The van der Waals surface area contributed by atoms with E-state index in [0.717, 1.165) is 5.69 Å². The topological polar surface area (TPSA) is 59.3 Å². The molecule has 0 bridgehead atoms. The molecule has 1 N–H and O–H groups in total.